The number of benzene rings is 2. The molecular weight excluding hydrogens is 354 g/mol. The predicted molar refractivity (Wildman–Crippen MR) is 97.9 cm³/mol. The summed E-state index contributed by atoms with van der Waals surface area (Å²) in [6, 6.07) is 14.8. The lowest BCUT2D eigenvalue weighted by atomic mass is 10.1. The minimum atomic E-state index is -0.714. The van der Waals surface area contributed by atoms with Gasteiger partial charge >= 0.3 is 0 Å². The van der Waals surface area contributed by atoms with E-state index in [2.05, 4.69) is 15.5 Å². The van der Waals surface area contributed by atoms with Gasteiger partial charge in [0.05, 0.1) is 11.6 Å². The molecule has 0 saturated heterocycles. The van der Waals surface area contributed by atoms with Crippen molar-refractivity contribution >= 4 is 17.5 Å². The number of aryl methyl sites for hydroxylation is 1. The minimum Gasteiger partial charge on any atom is -0.479 e. The minimum absolute atomic E-state index is 0.119. The summed E-state index contributed by atoms with van der Waals surface area (Å²) in [6.07, 6.45) is -0.714. The Labute approximate surface area is 156 Å². The van der Waals surface area contributed by atoms with E-state index in [9.17, 15) is 4.79 Å². The smallest absolute Gasteiger partial charge is 0.261 e. The van der Waals surface area contributed by atoms with Crippen LogP contribution in [0.1, 0.15) is 18.4 Å². The van der Waals surface area contributed by atoms with Gasteiger partial charge in [-0.05, 0) is 32.0 Å². The number of aromatic nitrogens is 2. The fourth-order valence-corrected chi connectivity index (χ4v) is 2.50. The normalized spacial score (nSPS) is 11.8. The van der Waals surface area contributed by atoms with Gasteiger partial charge in [0.15, 0.2) is 6.10 Å². The Bertz CT molecular complexity index is 910. The van der Waals surface area contributed by atoms with Gasteiger partial charge in [-0.25, -0.2) is 0 Å². The van der Waals surface area contributed by atoms with Crippen molar-refractivity contribution in [2.75, 3.05) is 0 Å². The van der Waals surface area contributed by atoms with Crippen molar-refractivity contribution in [2.24, 2.45) is 0 Å². The van der Waals surface area contributed by atoms with Crippen LogP contribution in [-0.4, -0.2) is 22.2 Å². The van der Waals surface area contributed by atoms with Crippen LogP contribution in [0.2, 0.25) is 5.02 Å². The molecule has 134 valence electrons. The number of carbonyl (C=O) groups excluding carboxylic acids is 1. The monoisotopic (exact) mass is 371 g/mol. The number of halogens is 1. The Kier molecular flexibility index (Phi) is 5.53. The fourth-order valence-electron chi connectivity index (χ4n) is 2.32. The Balaban J connectivity index is 1.57. The van der Waals surface area contributed by atoms with Crippen LogP contribution in [-0.2, 0) is 11.3 Å². The van der Waals surface area contributed by atoms with Gasteiger partial charge < -0.3 is 14.6 Å². The number of carbonyl (C=O) groups is 1. The Morgan fingerprint density at radius 1 is 1.27 bits per heavy atom. The summed E-state index contributed by atoms with van der Waals surface area (Å²) in [5.74, 6) is 0.953. The quantitative estimate of drug-likeness (QED) is 0.713. The molecule has 3 aromatic rings. The molecule has 1 atom stereocenters. The van der Waals surface area contributed by atoms with Crippen LogP contribution in [0.3, 0.4) is 0 Å². The van der Waals surface area contributed by atoms with E-state index >= 15 is 0 Å². The maximum Gasteiger partial charge on any atom is 0.261 e. The highest BCUT2D eigenvalue weighted by Gasteiger charge is 2.17. The summed E-state index contributed by atoms with van der Waals surface area (Å²) in [4.78, 5) is 16.5. The van der Waals surface area contributed by atoms with Gasteiger partial charge in [0.1, 0.15) is 5.75 Å². The van der Waals surface area contributed by atoms with Gasteiger partial charge in [0.2, 0.25) is 11.7 Å². The first kappa shape index (κ1) is 17.9. The zero-order valence-electron chi connectivity index (χ0n) is 14.4. The third-order valence-electron chi connectivity index (χ3n) is 3.67. The van der Waals surface area contributed by atoms with E-state index in [1.54, 1.807) is 31.2 Å². The molecule has 7 heteroatoms. The van der Waals surface area contributed by atoms with E-state index < -0.39 is 6.10 Å². The first-order chi connectivity index (χ1) is 12.5. The molecular formula is C19H18ClN3O3. The van der Waals surface area contributed by atoms with Gasteiger partial charge in [-0.3, -0.25) is 4.79 Å². The van der Waals surface area contributed by atoms with Crippen molar-refractivity contribution in [3.63, 3.8) is 0 Å². The van der Waals surface area contributed by atoms with Crippen molar-refractivity contribution < 1.29 is 14.1 Å². The molecule has 0 unspecified atom stereocenters. The third kappa shape index (κ3) is 4.40. The molecule has 3 rings (SSSR count). The molecule has 0 fully saturated rings. The van der Waals surface area contributed by atoms with Crippen LogP contribution in [0.15, 0.2) is 53.1 Å². The summed E-state index contributed by atoms with van der Waals surface area (Å²) < 4.78 is 10.8. The van der Waals surface area contributed by atoms with Crippen molar-refractivity contribution in [1.29, 1.82) is 0 Å². The zero-order chi connectivity index (χ0) is 18.5. The van der Waals surface area contributed by atoms with Crippen molar-refractivity contribution in [1.82, 2.24) is 15.5 Å². The molecule has 0 radical (unpaired) electrons. The SMILES string of the molecule is Cc1cccc(-c2noc(CNC(=O)[C@@H](C)Oc3ccccc3Cl)n2)c1. The Morgan fingerprint density at radius 3 is 2.85 bits per heavy atom. The molecule has 0 aliphatic heterocycles. The summed E-state index contributed by atoms with van der Waals surface area (Å²) in [7, 11) is 0. The molecule has 0 spiro atoms. The third-order valence-corrected chi connectivity index (χ3v) is 3.98. The Hall–Kier alpha value is -2.86. The molecule has 1 heterocycles. The first-order valence-electron chi connectivity index (χ1n) is 8.11. The molecule has 0 aliphatic carbocycles. The number of nitrogens with one attached hydrogen (secondary N) is 1. The predicted octanol–water partition coefficient (Wildman–Crippen LogP) is 3.78. The zero-order valence-corrected chi connectivity index (χ0v) is 15.2. The molecule has 1 amide bonds. The van der Waals surface area contributed by atoms with E-state index in [0.29, 0.717) is 22.5 Å². The molecule has 0 bridgehead atoms. The van der Waals surface area contributed by atoms with E-state index in [1.807, 2.05) is 31.2 Å². The van der Waals surface area contributed by atoms with E-state index in [0.717, 1.165) is 11.1 Å². The fraction of sp³-hybridized carbons (Fsp3) is 0.211. The van der Waals surface area contributed by atoms with Gasteiger partial charge in [-0.1, -0.05) is 52.7 Å². The lowest BCUT2D eigenvalue weighted by molar-refractivity contribution is -0.127. The van der Waals surface area contributed by atoms with Gasteiger partial charge in [-0.15, -0.1) is 0 Å². The van der Waals surface area contributed by atoms with Gasteiger partial charge in [0.25, 0.3) is 5.91 Å². The number of ether oxygens (including phenoxy) is 1. The second-order valence-electron chi connectivity index (χ2n) is 5.79. The topological polar surface area (TPSA) is 77.2 Å². The van der Waals surface area contributed by atoms with E-state index in [1.165, 1.54) is 0 Å². The highest BCUT2D eigenvalue weighted by atomic mass is 35.5. The molecule has 2 aromatic carbocycles. The molecule has 0 saturated carbocycles. The maximum absolute atomic E-state index is 12.2. The maximum atomic E-state index is 12.2. The number of rotatable bonds is 6. The van der Waals surface area contributed by atoms with Crippen LogP contribution in [0.4, 0.5) is 0 Å². The number of nitrogens with zero attached hydrogens (tertiary/aromatic N) is 2. The number of amides is 1. The summed E-state index contributed by atoms with van der Waals surface area (Å²) >= 11 is 6.03. The summed E-state index contributed by atoms with van der Waals surface area (Å²) in [5, 5.41) is 7.11. The second kappa shape index (κ2) is 8.01. The number of hydrogen-bond donors (Lipinski definition) is 1. The summed E-state index contributed by atoms with van der Waals surface area (Å²) in [5.41, 5.74) is 1.97. The molecule has 6 nitrogen and oxygen atoms in total. The highest BCUT2D eigenvalue weighted by molar-refractivity contribution is 6.32. The molecule has 1 aromatic heterocycles. The largest absolute Gasteiger partial charge is 0.479 e. The van der Waals surface area contributed by atoms with Crippen LogP contribution < -0.4 is 10.1 Å². The Morgan fingerprint density at radius 2 is 2.08 bits per heavy atom. The van der Waals surface area contributed by atoms with Gasteiger partial charge in [-0.2, -0.15) is 4.98 Å². The van der Waals surface area contributed by atoms with Gasteiger partial charge in [0, 0.05) is 5.56 Å². The van der Waals surface area contributed by atoms with Crippen LogP contribution in [0.5, 0.6) is 5.75 Å². The van der Waals surface area contributed by atoms with E-state index in [-0.39, 0.29) is 12.5 Å². The second-order valence-corrected chi connectivity index (χ2v) is 6.20. The van der Waals surface area contributed by atoms with Crippen LogP contribution in [0, 0.1) is 6.92 Å². The lowest BCUT2D eigenvalue weighted by Crippen LogP contribution is -2.36. The van der Waals surface area contributed by atoms with E-state index in [4.69, 9.17) is 20.9 Å². The van der Waals surface area contributed by atoms with Crippen molar-refractivity contribution in [2.45, 2.75) is 26.5 Å². The number of hydrogen-bond acceptors (Lipinski definition) is 5. The lowest BCUT2D eigenvalue weighted by Gasteiger charge is -2.14. The highest BCUT2D eigenvalue weighted by Crippen LogP contribution is 2.24. The van der Waals surface area contributed by atoms with Crippen LogP contribution >= 0.6 is 11.6 Å². The molecule has 0 aliphatic rings. The van der Waals surface area contributed by atoms with Crippen molar-refractivity contribution in [3.8, 4) is 17.1 Å². The van der Waals surface area contributed by atoms with Crippen molar-refractivity contribution in [3.05, 3.63) is 65.0 Å². The molecule has 1 N–H and O–H groups in total. The first-order valence-corrected chi connectivity index (χ1v) is 8.49. The summed E-state index contributed by atoms with van der Waals surface area (Å²) in [6.45, 7) is 3.75. The number of para-hydroxylation sites is 1. The average Bonchev–Trinajstić information content (AvgIpc) is 3.10. The molecule has 26 heavy (non-hydrogen) atoms. The van der Waals surface area contributed by atoms with Crippen LogP contribution in [0.25, 0.3) is 11.4 Å². The standard InChI is InChI=1S/C19H18ClN3O3/c1-12-6-5-7-14(10-12)18-22-17(26-23-18)11-21-19(24)13(2)25-16-9-4-3-8-15(16)20/h3-10,13H,11H2,1-2H3,(H,21,24)/t13-/m1/s1. The average molecular weight is 372 g/mol.